The summed E-state index contributed by atoms with van der Waals surface area (Å²) in [6.07, 6.45) is 2.03. The second-order valence-corrected chi connectivity index (χ2v) is 9.53. The topological polar surface area (TPSA) is 195 Å². The van der Waals surface area contributed by atoms with E-state index in [1.807, 2.05) is 0 Å². The van der Waals surface area contributed by atoms with Gasteiger partial charge in [0.25, 0.3) is 5.69 Å². The van der Waals surface area contributed by atoms with Crippen LogP contribution in [0, 0.1) is 16.0 Å². The van der Waals surface area contributed by atoms with Crippen LogP contribution < -0.4 is 26.0 Å². The normalized spacial score (nSPS) is 11.1. The number of unbranched alkanes of at least 4 members (excludes halogenated alkanes) is 2. The predicted octanol–water partition coefficient (Wildman–Crippen LogP) is 2.81. The number of nitrogens with one attached hydrogen (secondary N) is 4. The summed E-state index contributed by atoms with van der Waals surface area (Å²) in [5, 5.41) is 21.1. The Hall–Kier alpha value is -5.01. The number of carbonyl (C=O) groups excluding carboxylic acids is 5. The van der Waals surface area contributed by atoms with Crippen LogP contribution in [0.25, 0.3) is 0 Å². The maximum atomic E-state index is 12.6. The van der Waals surface area contributed by atoms with Gasteiger partial charge in [-0.15, -0.1) is 0 Å². The number of non-ortho nitro benzene ring substituents is 1. The summed E-state index contributed by atoms with van der Waals surface area (Å²) in [5.74, 6) is -1.32. The van der Waals surface area contributed by atoms with Gasteiger partial charge in [-0.2, -0.15) is 0 Å². The van der Waals surface area contributed by atoms with Gasteiger partial charge in [0.1, 0.15) is 18.4 Å². The van der Waals surface area contributed by atoms with Crippen molar-refractivity contribution in [3.63, 3.8) is 0 Å². The van der Waals surface area contributed by atoms with Crippen LogP contribution in [0.5, 0.6) is 5.75 Å². The zero-order valence-electron chi connectivity index (χ0n) is 23.4. The molecule has 0 heterocycles. The monoisotopic (exact) mass is 585 g/mol. The lowest BCUT2D eigenvalue weighted by Crippen LogP contribution is -2.51. The van der Waals surface area contributed by atoms with Gasteiger partial charge < -0.3 is 30.7 Å². The zero-order valence-corrected chi connectivity index (χ0v) is 23.4. The van der Waals surface area contributed by atoms with Crippen molar-refractivity contribution >= 4 is 41.7 Å². The molecule has 0 fully saturated rings. The van der Waals surface area contributed by atoms with Crippen LogP contribution in [0.4, 0.5) is 16.2 Å². The molecule has 2 aromatic carbocycles. The predicted molar refractivity (Wildman–Crippen MR) is 151 cm³/mol. The molecule has 42 heavy (non-hydrogen) atoms. The number of nitro benzene ring substituents is 1. The number of hydrogen-bond donors (Lipinski definition) is 4. The molecule has 0 saturated carbocycles. The van der Waals surface area contributed by atoms with Gasteiger partial charge >= 0.3 is 6.16 Å². The number of anilines is 1. The van der Waals surface area contributed by atoms with E-state index in [1.54, 1.807) is 38.1 Å². The highest BCUT2D eigenvalue weighted by Crippen LogP contribution is 2.18. The molecule has 14 heteroatoms. The Morgan fingerprint density at radius 3 is 2.26 bits per heavy atom. The molecule has 0 aromatic heterocycles. The van der Waals surface area contributed by atoms with Crippen LogP contribution >= 0.6 is 0 Å². The number of rotatable bonds is 17. The highest BCUT2D eigenvalue weighted by Gasteiger charge is 2.24. The first-order valence-electron chi connectivity index (χ1n) is 13.3. The third-order valence-electron chi connectivity index (χ3n) is 5.84. The Labute approximate surface area is 242 Å². The van der Waals surface area contributed by atoms with Crippen molar-refractivity contribution in [2.24, 2.45) is 5.92 Å². The number of hydrogen-bond acceptors (Lipinski definition) is 9. The molecule has 1 atom stereocenters. The fraction of sp³-hybridized carbons (Fsp3) is 0.393. The summed E-state index contributed by atoms with van der Waals surface area (Å²) in [6.45, 7) is 3.70. The maximum absolute atomic E-state index is 12.6. The van der Waals surface area contributed by atoms with E-state index in [1.165, 1.54) is 24.3 Å². The molecule has 2 aromatic rings. The van der Waals surface area contributed by atoms with Crippen LogP contribution in [0.15, 0.2) is 48.5 Å². The third kappa shape index (κ3) is 12.4. The SMILES string of the molecule is CC(C)C(NC(=O)CCCCCNC=O)C(=O)NCC(=O)Nc1ccc(COC(=O)Oc2ccc([N+](=O)[O-])cc2)cc1. The molecule has 0 aliphatic rings. The molecule has 4 N–H and O–H groups in total. The zero-order chi connectivity index (χ0) is 30.9. The molecule has 226 valence electrons. The van der Waals surface area contributed by atoms with E-state index < -0.39 is 28.9 Å². The Kier molecular flexibility index (Phi) is 13.9. The van der Waals surface area contributed by atoms with Crippen LogP contribution in [0.1, 0.15) is 45.1 Å². The van der Waals surface area contributed by atoms with E-state index in [0.29, 0.717) is 30.6 Å². The molecule has 4 amide bonds. The number of nitrogens with zero attached hydrogens (tertiary/aromatic N) is 1. The van der Waals surface area contributed by atoms with E-state index in [4.69, 9.17) is 9.47 Å². The third-order valence-corrected chi connectivity index (χ3v) is 5.84. The average molecular weight is 586 g/mol. The van der Waals surface area contributed by atoms with Crippen molar-refractivity contribution < 1.29 is 38.4 Å². The summed E-state index contributed by atoms with van der Waals surface area (Å²) in [7, 11) is 0. The summed E-state index contributed by atoms with van der Waals surface area (Å²) in [5.41, 5.74) is 0.914. The Morgan fingerprint density at radius 1 is 0.952 bits per heavy atom. The van der Waals surface area contributed by atoms with Crippen LogP contribution in [-0.2, 0) is 30.5 Å². The molecule has 0 saturated heterocycles. The lowest BCUT2D eigenvalue weighted by Gasteiger charge is -2.21. The largest absolute Gasteiger partial charge is 0.514 e. The van der Waals surface area contributed by atoms with E-state index in [0.717, 1.165) is 12.8 Å². The molecule has 14 nitrogen and oxygen atoms in total. The highest BCUT2D eigenvalue weighted by atomic mass is 16.7. The van der Waals surface area contributed by atoms with E-state index in [9.17, 15) is 34.1 Å². The second kappa shape index (κ2) is 17.6. The molecule has 0 bridgehead atoms. The van der Waals surface area contributed by atoms with Gasteiger partial charge in [-0.1, -0.05) is 32.4 Å². The first kappa shape index (κ1) is 33.2. The van der Waals surface area contributed by atoms with Gasteiger partial charge in [-0.05, 0) is 48.6 Å². The Balaban J connectivity index is 1.72. The van der Waals surface area contributed by atoms with Crippen LogP contribution in [0.3, 0.4) is 0 Å². The first-order chi connectivity index (χ1) is 20.1. The lowest BCUT2D eigenvalue weighted by molar-refractivity contribution is -0.384. The van der Waals surface area contributed by atoms with Gasteiger partial charge in [0.15, 0.2) is 0 Å². The van der Waals surface area contributed by atoms with Crippen LogP contribution in [-0.4, -0.2) is 54.3 Å². The quantitative estimate of drug-likeness (QED) is 0.0539. The summed E-state index contributed by atoms with van der Waals surface area (Å²) in [4.78, 5) is 69.5. The molecular formula is C28H35N5O9. The van der Waals surface area contributed by atoms with E-state index >= 15 is 0 Å². The Bertz CT molecular complexity index is 1220. The smallest absolute Gasteiger partial charge is 0.429 e. The van der Waals surface area contributed by atoms with Gasteiger partial charge in [0.05, 0.1) is 11.5 Å². The summed E-state index contributed by atoms with van der Waals surface area (Å²) < 4.78 is 10.0. The molecule has 0 aliphatic heterocycles. The minimum Gasteiger partial charge on any atom is -0.429 e. The fourth-order valence-corrected chi connectivity index (χ4v) is 3.60. The fourth-order valence-electron chi connectivity index (χ4n) is 3.60. The Morgan fingerprint density at radius 2 is 1.64 bits per heavy atom. The van der Waals surface area contributed by atoms with Gasteiger partial charge in [0, 0.05) is 30.8 Å². The van der Waals surface area contributed by atoms with E-state index in [2.05, 4.69) is 21.3 Å². The minimum atomic E-state index is -0.989. The van der Waals surface area contributed by atoms with Crippen molar-refractivity contribution in [3.05, 3.63) is 64.2 Å². The van der Waals surface area contributed by atoms with Crippen molar-refractivity contribution in [2.75, 3.05) is 18.4 Å². The van der Waals surface area contributed by atoms with Crippen molar-refractivity contribution in [3.8, 4) is 5.75 Å². The average Bonchev–Trinajstić information content (AvgIpc) is 2.96. The summed E-state index contributed by atoms with van der Waals surface area (Å²) >= 11 is 0. The van der Waals surface area contributed by atoms with Gasteiger partial charge in [0.2, 0.25) is 24.1 Å². The van der Waals surface area contributed by atoms with Crippen molar-refractivity contribution in [2.45, 2.75) is 52.2 Å². The van der Waals surface area contributed by atoms with Crippen molar-refractivity contribution in [1.82, 2.24) is 16.0 Å². The highest BCUT2D eigenvalue weighted by molar-refractivity contribution is 5.96. The number of nitro groups is 1. The van der Waals surface area contributed by atoms with E-state index in [-0.39, 0.29) is 42.8 Å². The first-order valence-corrected chi connectivity index (χ1v) is 13.3. The number of carbonyl (C=O) groups is 5. The number of ether oxygens (including phenoxy) is 2. The second-order valence-electron chi connectivity index (χ2n) is 9.53. The molecule has 0 aliphatic carbocycles. The molecule has 2 rings (SSSR count). The molecule has 0 radical (unpaired) electrons. The maximum Gasteiger partial charge on any atom is 0.514 e. The van der Waals surface area contributed by atoms with Crippen molar-refractivity contribution in [1.29, 1.82) is 0 Å². The number of benzene rings is 2. The molecular weight excluding hydrogens is 550 g/mol. The molecule has 0 spiro atoms. The standard InChI is InChI=1S/C28H35N5O9/c1-19(2)26(32-24(35)6-4-3-5-15-29-18-34)27(37)30-16-25(36)31-21-9-7-20(8-10-21)17-41-28(38)42-23-13-11-22(12-14-23)33(39)40/h7-14,18-19,26H,3-6,15-17H2,1-2H3,(H,29,34)(H,30,37)(H,31,36)(H,32,35). The lowest BCUT2D eigenvalue weighted by atomic mass is 10.0. The molecule has 1 unspecified atom stereocenters. The minimum absolute atomic E-state index is 0.0920. The van der Waals surface area contributed by atoms with Crippen LogP contribution in [0.2, 0.25) is 0 Å². The van der Waals surface area contributed by atoms with Gasteiger partial charge in [-0.3, -0.25) is 29.3 Å². The summed E-state index contributed by atoms with van der Waals surface area (Å²) in [6, 6.07) is 10.6. The number of amides is 4. The van der Waals surface area contributed by atoms with Gasteiger partial charge in [-0.25, -0.2) is 4.79 Å².